The number of piperidine rings is 1. The summed E-state index contributed by atoms with van der Waals surface area (Å²) in [6.45, 7) is 2.33. The molecule has 0 unspecified atom stereocenters. The molecule has 0 aliphatic carbocycles. The number of nitrogens with zero attached hydrogens (tertiary/aromatic N) is 2. The molecule has 2 fully saturated rings. The Morgan fingerprint density at radius 3 is 3.00 bits per heavy atom. The third-order valence-electron chi connectivity index (χ3n) is 4.30. The van der Waals surface area contributed by atoms with E-state index < -0.39 is 10.0 Å². The summed E-state index contributed by atoms with van der Waals surface area (Å²) < 4.78 is 26.5. The van der Waals surface area contributed by atoms with Crippen molar-refractivity contribution in [2.75, 3.05) is 25.4 Å². The van der Waals surface area contributed by atoms with E-state index in [0.717, 1.165) is 25.1 Å². The summed E-state index contributed by atoms with van der Waals surface area (Å²) in [6, 6.07) is 5.97. The molecule has 0 amide bonds. The standard InChI is InChI=1S/C14H21N3O2S/c18-20(19,9-6-13-5-1-2-7-15-13)17-10-12-4-3-8-16-14(12)11-17/h1-2,5,7,12,14,16H,3-4,6,8-11H2/t12-,14+/m0/s1. The van der Waals surface area contributed by atoms with Crippen molar-refractivity contribution >= 4 is 10.0 Å². The lowest BCUT2D eigenvalue weighted by Crippen LogP contribution is -2.41. The predicted octanol–water partition coefficient (Wildman–Crippen LogP) is 0.638. The first-order chi connectivity index (χ1) is 9.65. The first-order valence-electron chi connectivity index (χ1n) is 7.26. The Labute approximate surface area is 120 Å². The van der Waals surface area contributed by atoms with E-state index in [-0.39, 0.29) is 5.75 Å². The van der Waals surface area contributed by atoms with E-state index in [2.05, 4.69) is 10.3 Å². The summed E-state index contributed by atoms with van der Waals surface area (Å²) in [5, 5.41) is 3.44. The maximum atomic E-state index is 12.4. The molecule has 2 saturated heterocycles. The number of sulfonamides is 1. The fourth-order valence-corrected chi connectivity index (χ4v) is 4.67. The van der Waals surface area contributed by atoms with Crippen molar-refractivity contribution in [2.45, 2.75) is 25.3 Å². The van der Waals surface area contributed by atoms with Gasteiger partial charge in [0.1, 0.15) is 0 Å². The monoisotopic (exact) mass is 295 g/mol. The first kappa shape index (κ1) is 14.0. The van der Waals surface area contributed by atoms with E-state index in [1.54, 1.807) is 10.5 Å². The van der Waals surface area contributed by atoms with Crippen LogP contribution in [-0.2, 0) is 16.4 Å². The van der Waals surface area contributed by atoms with Crippen LogP contribution in [0.4, 0.5) is 0 Å². The highest BCUT2D eigenvalue weighted by Gasteiger charge is 2.39. The van der Waals surface area contributed by atoms with Gasteiger partial charge in [-0.15, -0.1) is 0 Å². The van der Waals surface area contributed by atoms with E-state index in [1.807, 2.05) is 18.2 Å². The molecule has 1 aromatic rings. The van der Waals surface area contributed by atoms with Gasteiger partial charge in [0.25, 0.3) is 0 Å². The molecule has 3 heterocycles. The summed E-state index contributed by atoms with van der Waals surface area (Å²) in [7, 11) is -3.16. The molecule has 1 aromatic heterocycles. The highest BCUT2D eigenvalue weighted by Crippen LogP contribution is 2.27. The molecule has 1 N–H and O–H groups in total. The van der Waals surface area contributed by atoms with Crippen molar-refractivity contribution in [3.8, 4) is 0 Å². The first-order valence-corrected chi connectivity index (χ1v) is 8.87. The van der Waals surface area contributed by atoms with Gasteiger partial charge in [0, 0.05) is 37.4 Å². The minimum absolute atomic E-state index is 0.156. The van der Waals surface area contributed by atoms with Gasteiger partial charge in [-0.2, -0.15) is 0 Å². The average molecular weight is 295 g/mol. The number of hydrogen-bond acceptors (Lipinski definition) is 4. The van der Waals surface area contributed by atoms with E-state index in [1.165, 1.54) is 0 Å². The van der Waals surface area contributed by atoms with Crippen molar-refractivity contribution in [1.82, 2.24) is 14.6 Å². The largest absolute Gasteiger partial charge is 0.312 e. The minimum Gasteiger partial charge on any atom is -0.312 e. The number of fused-ring (bicyclic) bond motifs is 1. The molecule has 5 nitrogen and oxygen atoms in total. The van der Waals surface area contributed by atoms with Crippen LogP contribution >= 0.6 is 0 Å². The zero-order valence-electron chi connectivity index (χ0n) is 11.5. The van der Waals surface area contributed by atoms with E-state index in [4.69, 9.17) is 0 Å². The second kappa shape index (κ2) is 5.79. The van der Waals surface area contributed by atoms with Crippen LogP contribution in [0.25, 0.3) is 0 Å². The number of nitrogens with one attached hydrogen (secondary N) is 1. The van der Waals surface area contributed by atoms with Crippen LogP contribution in [0.3, 0.4) is 0 Å². The molecule has 0 radical (unpaired) electrons. The minimum atomic E-state index is -3.16. The normalized spacial score (nSPS) is 27.4. The van der Waals surface area contributed by atoms with Crippen LogP contribution in [0.5, 0.6) is 0 Å². The molecule has 0 saturated carbocycles. The van der Waals surface area contributed by atoms with E-state index in [9.17, 15) is 8.42 Å². The fraction of sp³-hybridized carbons (Fsp3) is 0.643. The molecule has 0 spiro atoms. The zero-order valence-corrected chi connectivity index (χ0v) is 12.3. The second-order valence-electron chi connectivity index (χ2n) is 5.67. The van der Waals surface area contributed by atoms with Gasteiger partial charge in [0.2, 0.25) is 10.0 Å². The predicted molar refractivity (Wildman–Crippen MR) is 77.8 cm³/mol. The van der Waals surface area contributed by atoms with Gasteiger partial charge >= 0.3 is 0 Å². The highest BCUT2D eigenvalue weighted by molar-refractivity contribution is 7.89. The summed E-state index contributed by atoms with van der Waals surface area (Å²) in [5.74, 6) is 0.650. The maximum absolute atomic E-state index is 12.4. The Balaban J connectivity index is 1.61. The highest BCUT2D eigenvalue weighted by atomic mass is 32.2. The number of pyridine rings is 1. The molecule has 6 heteroatoms. The lowest BCUT2D eigenvalue weighted by molar-refractivity contribution is 0.339. The van der Waals surface area contributed by atoms with Gasteiger partial charge in [0.05, 0.1) is 5.75 Å². The number of hydrogen-bond donors (Lipinski definition) is 1. The van der Waals surface area contributed by atoms with Gasteiger partial charge in [-0.25, -0.2) is 12.7 Å². The Hall–Kier alpha value is -0.980. The summed E-state index contributed by atoms with van der Waals surface area (Å²) in [4.78, 5) is 4.19. The van der Waals surface area contributed by atoms with Gasteiger partial charge in [0.15, 0.2) is 0 Å². The third-order valence-corrected chi connectivity index (χ3v) is 6.11. The van der Waals surface area contributed by atoms with Crippen LogP contribution in [0, 0.1) is 5.92 Å². The summed E-state index contributed by atoms with van der Waals surface area (Å²) >= 11 is 0. The van der Waals surface area contributed by atoms with Crippen LogP contribution in [0.1, 0.15) is 18.5 Å². The van der Waals surface area contributed by atoms with Crippen molar-refractivity contribution in [3.63, 3.8) is 0 Å². The van der Waals surface area contributed by atoms with Crippen LogP contribution in [0.15, 0.2) is 24.4 Å². The summed E-state index contributed by atoms with van der Waals surface area (Å²) in [5.41, 5.74) is 0.839. The molecule has 0 bridgehead atoms. The van der Waals surface area contributed by atoms with Crippen LogP contribution < -0.4 is 5.32 Å². The number of aryl methyl sites for hydroxylation is 1. The SMILES string of the molecule is O=S(=O)(CCc1ccccn1)N1C[C@@H]2CCCN[C@@H]2C1. The zero-order chi connectivity index (χ0) is 14.0. The number of aromatic nitrogens is 1. The molecular formula is C14H21N3O2S. The van der Waals surface area contributed by atoms with Crippen molar-refractivity contribution in [2.24, 2.45) is 5.92 Å². The van der Waals surface area contributed by atoms with Crippen molar-refractivity contribution < 1.29 is 8.42 Å². The summed E-state index contributed by atoms with van der Waals surface area (Å²) in [6.07, 6.45) is 4.49. The Kier molecular flexibility index (Phi) is 4.05. The molecular weight excluding hydrogens is 274 g/mol. The molecule has 0 aromatic carbocycles. The van der Waals surface area contributed by atoms with Crippen LogP contribution in [0.2, 0.25) is 0 Å². The second-order valence-corrected chi connectivity index (χ2v) is 7.76. The molecule has 110 valence electrons. The van der Waals surface area contributed by atoms with E-state index in [0.29, 0.717) is 31.5 Å². The van der Waals surface area contributed by atoms with Crippen molar-refractivity contribution in [3.05, 3.63) is 30.1 Å². The molecule has 3 rings (SSSR count). The topological polar surface area (TPSA) is 62.3 Å². The van der Waals surface area contributed by atoms with E-state index >= 15 is 0 Å². The fourth-order valence-electron chi connectivity index (χ4n) is 3.14. The maximum Gasteiger partial charge on any atom is 0.214 e. The lowest BCUT2D eigenvalue weighted by atomic mass is 9.94. The molecule has 2 aliphatic rings. The van der Waals surface area contributed by atoms with Gasteiger partial charge in [-0.05, 0) is 37.4 Å². The average Bonchev–Trinajstić information content (AvgIpc) is 2.91. The molecule has 20 heavy (non-hydrogen) atoms. The Morgan fingerprint density at radius 1 is 1.35 bits per heavy atom. The van der Waals surface area contributed by atoms with Gasteiger partial charge in [-0.3, -0.25) is 4.98 Å². The molecule has 2 atom stereocenters. The van der Waals surface area contributed by atoms with Crippen molar-refractivity contribution in [1.29, 1.82) is 0 Å². The third kappa shape index (κ3) is 3.02. The molecule has 2 aliphatic heterocycles. The quantitative estimate of drug-likeness (QED) is 0.885. The van der Waals surface area contributed by atoms with Gasteiger partial charge < -0.3 is 5.32 Å². The Morgan fingerprint density at radius 2 is 2.25 bits per heavy atom. The smallest absolute Gasteiger partial charge is 0.214 e. The number of rotatable bonds is 4. The van der Waals surface area contributed by atoms with Gasteiger partial charge in [-0.1, -0.05) is 6.07 Å². The Bertz CT molecular complexity index is 533. The lowest BCUT2D eigenvalue weighted by Gasteiger charge is -2.24. The van der Waals surface area contributed by atoms with Crippen LogP contribution in [-0.4, -0.2) is 49.1 Å².